The van der Waals surface area contributed by atoms with Crippen LogP contribution in [0.1, 0.15) is 22.8 Å². The maximum atomic E-state index is 10.7. The van der Waals surface area contributed by atoms with E-state index in [4.69, 9.17) is 5.11 Å². The number of benzene rings is 1. The molecule has 0 bridgehead atoms. The van der Waals surface area contributed by atoms with Crippen LogP contribution in [0.4, 0.5) is 5.69 Å². The van der Waals surface area contributed by atoms with Gasteiger partial charge in [-0.2, -0.15) is 0 Å². The molecule has 3 nitrogen and oxygen atoms in total. The average Bonchev–Trinajstić information content (AvgIpc) is 2.25. The molecule has 0 saturated carbocycles. The van der Waals surface area contributed by atoms with E-state index in [0.717, 1.165) is 18.4 Å². The topological polar surface area (TPSA) is 49.3 Å². The quantitative estimate of drug-likeness (QED) is 0.696. The lowest BCUT2D eigenvalue weighted by molar-refractivity contribution is 0.112. The molecule has 14 heavy (non-hydrogen) atoms. The van der Waals surface area contributed by atoms with Gasteiger partial charge in [0.05, 0.1) is 6.61 Å². The monoisotopic (exact) mass is 193 g/mol. The zero-order chi connectivity index (χ0) is 10.4. The Hall–Kier alpha value is -1.35. The van der Waals surface area contributed by atoms with Crippen molar-refractivity contribution in [2.45, 2.75) is 13.3 Å². The van der Waals surface area contributed by atoms with Crippen LogP contribution in [0.15, 0.2) is 18.2 Å². The number of hydrogen-bond donors (Lipinski definition) is 2. The fourth-order valence-electron chi connectivity index (χ4n) is 1.27. The normalized spacial score (nSPS) is 9.86. The van der Waals surface area contributed by atoms with Gasteiger partial charge in [0.1, 0.15) is 0 Å². The SMILES string of the molecule is CCc1ccc(C=O)c(NCCO)c1. The summed E-state index contributed by atoms with van der Waals surface area (Å²) in [5.74, 6) is 0. The molecule has 3 heteroatoms. The van der Waals surface area contributed by atoms with Crippen LogP contribution in [0.5, 0.6) is 0 Å². The van der Waals surface area contributed by atoms with E-state index in [9.17, 15) is 4.79 Å². The van der Waals surface area contributed by atoms with Gasteiger partial charge in [0.25, 0.3) is 0 Å². The molecule has 0 aromatic heterocycles. The third-order valence-corrected chi connectivity index (χ3v) is 2.08. The molecule has 1 aromatic rings. The predicted molar refractivity (Wildman–Crippen MR) is 56.8 cm³/mol. The summed E-state index contributed by atoms with van der Waals surface area (Å²) in [5.41, 5.74) is 2.61. The highest BCUT2D eigenvalue weighted by Gasteiger charge is 2.01. The van der Waals surface area contributed by atoms with E-state index in [-0.39, 0.29) is 6.61 Å². The van der Waals surface area contributed by atoms with E-state index in [1.807, 2.05) is 12.1 Å². The van der Waals surface area contributed by atoms with E-state index in [1.165, 1.54) is 5.56 Å². The number of carbonyl (C=O) groups is 1. The van der Waals surface area contributed by atoms with Gasteiger partial charge in [-0.25, -0.2) is 0 Å². The molecule has 0 spiro atoms. The van der Waals surface area contributed by atoms with Gasteiger partial charge in [0, 0.05) is 17.8 Å². The molecule has 0 heterocycles. The molecule has 2 N–H and O–H groups in total. The summed E-state index contributed by atoms with van der Waals surface area (Å²) in [6, 6.07) is 5.68. The molecule has 0 aliphatic heterocycles. The molecule has 0 radical (unpaired) electrons. The van der Waals surface area contributed by atoms with Crippen molar-refractivity contribution >= 4 is 12.0 Å². The van der Waals surface area contributed by atoms with Crippen molar-refractivity contribution in [2.75, 3.05) is 18.5 Å². The minimum absolute atomic E-state index is 0.0641. The summed E-state index contributed by atoms with van der Waals surface area (Å²) in [4.78, 5) is 10.7. The molecule has 0 atom stereocenters. The van der Waals surface area contributed by atoms with Gasteiger partial charge in [0.2, 0.25) is 0 Å². The Balaban J connectivity index is 2.90. The fraction of sp³-hybridized carbons (Fsp3) is 0.364. The summed E-state index contributed by atoms with van der Waals surface area (Å²) in [6.45, 7) is 2.59. The lowest BCUT2D eigenvalue weighted by Crippen LogP contribution is -2.07. The number of aliphatic hydroxyl groups excluding tert-OH is 1. The average molecular weight is 193 g/mol. The molecule has 0 aliphatic carbocycles. The van der Waals surface area contributed by atoms with Crippen molar-refractivity contribution in [3.63, 3.8) is 0 Å². The van der Waals surface area contributed by atoms with Crippen LogP contribution in [-0.4, -0.2) is 24.5 Å². The molecule has 76 valence electrons. The summed E-state index contributed by atoms with van der Waals surface area (Å²) in [5, 5.41) is 11.7. The summed E-state index contributed by atoms with van der Waals surface area (Å²) < 4.78 is 0. The molecule has 0 amide bonds. The summed E-state index contributed by atoms with van der Waals surface area (Å²) >= 11 is 0. The molecule has 1 rings (SSSR count). The fourth-order valence-corrected chi connectivity index (χ4v) is 1.27. The largest absolute Gasteiger partial charge is 0.395 e. The molecule has 0 unspecified atom stereocenters. The number of aryl methyl sites for hydroxylation is 1. The van der Waals surface area contributed by atoms with Crippen molar-refractivity contribution in [1.29, 1.82) is 0 Å². The van der Waals surface area contributed by atoms with E-state index in [1.54, 1.807) is 6.07 Å². The second-order valence-electron chi connectivity index (χ2n) is 3.04. The predicted octanol–water partition coefficient (Wildman–Crippen LogP) is 1.47. The Labute approximate surface area is 83.8 Å². The highest BCUT2D eigenvalue weighted by atomic mass is 16.3. The van der Waals surface area contributed by atoms with Crippen molar-refractivity contribution in [3.8, 4) is 0 Å². The van der Waals surface area contributed by atoms with E-state index < -0.39 is 0 Å². The maximum absolute atomic E-state index is 10.7. The third kappa shape index (κ3) is 2.57. The minimum Gasteiger partial charge on any atom is -0.395 e. The first-order valence-corrected chi connectivity index (χ1v) is 4.74. The van der Waals surface area contributed by atoms with Crippen LogP contribution in [0, 0.1) is 0 Å². The first-order valence-electron chi connectivity index (χ1n) is 4.74. The number of nitrogens with one attached hydrogen (secondary N) is 1. The van der Waals surface area contributed by atoms with Crippen molar-refractivity contribution in [2.24, 2.45) is 0 Å². The van der Waals surface area contributed by atoms with Crippen molar-refractivity contribution < 1.29 is 9.90 Å². The van der Waals surface area contributed by atoms with Crippen molar-refractivity contribution in [3.05, 3.63) is 29.3 Å². The first-order chi connectivity index (χ1) is 6.81. The van der Waals surface area contributed by atoms with Crippen LogP contribution < -0.4 is 5.32 Å². The van der Waals surface area contributed by atoms with Gasteiger partial charge in [0.15, 0.2) is 6.29 Å². The Morgan fingerprint density at radius 3 is 2.86 bits per heavy atom. The third-order valence-electron chi connectivity index (χ3n) is 2.08. The van der Waals surface area contributed by atoms with Crippen LogP contribution in [0.2, 0.25) is 0 Å². The highest BCUT2D eigenvalue weighted by molar-refractivity contribution is 5.84. The Morgan fingerprint density at radius 1 is 1.50 bits per heavy atom. The smallest absolute Gasteiger partial charge is 0.152 e. The molecular weight excluding hydrogens is 178 g/mol. The van der Waals surface area contributed by atoms with E-state index in [0.29, 0.717) is 12.1 Å². The maximum Gasteiger partial charge on any atom is 0.152 e. The Bertz CT molecular complexity index is 310. The number of anilines is 1. The van der Waals surface area contributed by atoms with Crippen LogP contribution >= 0.6 is 0 Å². The number of hydrogen-bond acceptors (Lipinski definition) is 3. The van der Waals surface area contributed by atoms with Gasteiger partial charge in [-0.3, -0.25) is 4.79 Å². The van der Waals surface area contributed by atoms with Crippen LogP contribution in [-0.2, 0) is 6.42 Å². The van der Waals surface area contributed by atoms with E-state index >= 15 is 0 Å². The minimum atomic E-state index is 0.0641. The van der Waals surface area contributed by atoms with Gasteiger partial charge in [-0.05, 0) is 24.1 Å². The number of aliphatic hydroxyl groups is 1. The van der Waals surface area contributed by atoms with Crippen LogP contribution in [0.3, 0.4) is 0 Å². The number of carbonyl (C=O) groups excluding carboxylic acids is 1. The lowest BCUT2D eigenvalue weighted by atomic mass is 10.1. The first kappa shape index (κ1) is 10.7. The zero-order valence-corrected chi connectivity index (χ0v) is 8.29. The summed E-state index contributed by atoms with van der Waals surface area (Å²) in [7, 11) is 0. The molecule has 0 aliphatic rings. The van der Waals surface area contributed by atoms with Gasteiger partial charge in [-0.15, -0.1) is 0 Å². The van der Waals surface area contributed by atoms with Crippen LogP contribution in [0.25, 0.3) is 0 Å². The van der Waals surface area contributed by atoms with Crippen molar-refractivity contribution in [1.82, 2.24) is 0 Å². The second kappa shape index (κ2) is 5.40. The van der Waals surface area contributed by atoms with Gasteiger partial charge >= 0.3 is 0 Å². The molecule has 0 saturated heterocycles. The molecular formula is C11H15NO2. The number of aldehydes is 1. The zero-order valence-electron chi connectivity index (χ0n) is 8.29. The Morgan fingerprint density at radius 2 is 2.29 bits per heavy atom. The Kier molecular flexibility index (Phi) is 4.13. The van der Waals surface area contributed by atoms with E-state index in [2.05, 4.69) is 12.2 Å². The lowest BCUT2D eigenvalue weighted by Gasteiger charge is -2.08. The highest BCUT2D eigenvalue weighted by Crippen LogP contribution is 2.16. The summed E-state index contributed by atoms with van der Waals surface area (Å²) in [6.07, 6.45) is 1.76. The standard InChI is InChI=1S/C11H15NO2/c1-2-9-3-4-10(8-14)11(7-9)12-5-6-13/h3-4,7-8,12-13H,2,5-6H2,1H3. The van der Waals surface area contributed by atoms with Gasteiger partial charge in [-0.1, -0.05) is 13.0 Å². The second-order valence-corrected chi connectivity index (χ2v) is 3.04. The number of rotatable bonds is 5. The molecule has 1 aromatic carbocycles. The van der Waals surface area contributed by atoms with Gasteiger partial charge < -0.3 is 10.4 Å². The molecule has 0 fully saturated rings.